The zero-order valence-corrected chi connectivity index (χ0v) is 19.2. The van der Waals surface area contributed by atoms with Crippen LogP contribution in [0.4, 0.5) is 0 Å². The zero-order chi connectivity index (χ0) is 25.7. The van der Waals surface area contributed by atoms with Crippen molar-refractivity contribution in [1.29, 1.82) is 0 Å². The van der Waals surface area contributed by atoms with E-state index in [1.165, 1.54) is 14.2 Å². The molecule has 9 atom stereocenters. The maximum Gasteiger partial charge on any atom is 0.200 e. The van der Waals surface area contributed by atoms with Gasteiger partial charge in [0.05, 0.1) is 34.0 Å². The van der Waals surface area contributed by atoms with Gasteiger partial charge in [-0.25, -0.2) is 0 Å². The fourth-order valence-electron chi connectivity index (χ4n) is 3.73. The molecule has 13 nitrogen and oxygen atoms in total. The van der Waals surface area contributed by atoms with Crippen molar-refractivity contribution >= 4 is 6.08 Å². The molecule has 198 valence electrons. The van der Waals surface area contributed by atoms with Crippen LogP contribution in [0.3, 0.4) is 0 Å². The van der Waals surface area contributed by atoms with Crippen LogP contribution in [0.25, 0.3) is 6.08 Å². The van der Waals surface area contributed by atoms with Crippen LogP contribution >= 0.6 is 0 Å². The molecular weight excluding hydrogens is 472 g/mol. The van der Waals surface area contributed by atoms with Crippen LogP contribution in [-0.4, -0.2) is 125 Å². The Bertz CT molecular complexity index is 824. The van der Waals surface area contributed by atoms with Gasteiger partial charge in [-0.2, -0.15) is 0 Å². The van der Waals surface area contributed by atoms with Crippen molar-refractivity contribution in [1.82, 2.24) is 0 Å². The lowest BCUT2D eigenvalue weighted by atomic mass is 9.99. The van der Waals surface area contributed by atoms with Crippen LogP contribution in [0.5, 0.6) is 17.2 Å². The topological polar surface area (TPSA) is 197 Å². The van der Waals surface area contributed by atoms with Crippen molar-refractivity contribution in [3.63, 3.8) is 0 Å². The van der Waals surface area contributed by atoms with Gasteiger partial charge in [-0.15, -0.1) is 0 Å². The number of hydrogen-bond donors (Lipinski definition) is 7. The Morgan fingerprint density at radius 3 is 1.91 bits per heavy atom. The number of rotatable bonds is 10. The molecule has 2 heterocycles. The molecule has 0 bridgehead atoms. The first-order chi connectivity index (χ1) is 16.7. The summed E-state index contributed by atoms with van der Waals surface area (Å²) in [5.74, 6) is 0.287. The summed E-state index contributed by atoms with van der Waals surface area (Å²) < 4.78 is 31.8. The second kappa shape index (κ2) is 12.3. The SMILES string of the molecule is COc1cc(/C=C/CO[C@@H]2O[C@H](CO[C@@H]3O[C@H](CO)[C@@H](O)[C@H]3O)[C@@H](O)[C@H](O)[C@H]2O)cc(OC)c1O. The van der Waals surface area contributed by atoms with Gasteiger partial charge in [0.25, 0.3) is 0 Å². The van der Waals surface area contributed by atoms with Crippen LogP contribution < -0.4 is 9.47 Å². The minimum Gasteiger partial charge on any atom is -0.502 e. The third-order valence-electron chi connectivity index (χ3n) is 5.76. The van der Waals surface area contributed by atoms with Crippen LogP contribution in [0.15, 0.2) is 18.2 Å². The van der Waals surface area contributed by atoms with Crippen molar-refractivity contribution in [2.45, 2.75) is 55.3 Å². The van der Waals surface area contributed by atoms with Gasteiger partial charge in [0, 0.05) is 0 Å². The van der Waals surface area contributed by atoms with E-state index in [1.54, 1.807) is 24.3 Å². The minimum atomic E-state index is -1.61. The molecule has 2 saturated heterocycles. The molecule has 3 rings (SSSR count). The molecule has 0 radical (unpaired) electrons. The van der Waals surface area contributed by atoms with Crippen molar-refractivity contribution in [3.8, 4) is 17.2 Å². The van der Waals surface area contributed by atoms with Gasteiger partial charge in [0.2, 0.25) is 5.75 Å². The minimum absolute atomic E-state index is 0.0571. The quantitative estimate of drug-likeness (QED) is 0.180. The summed E-state index contributed by atoms with van der Waals surface area (Å²) in [6, 6.07) is 3.15. The van der Waals surface area contributed by atoms with Crippen molar-refractivity contribution in [2.75, 3.05) is 34.0 Å². The number of hydrogen-bond acceptors (Lipinski definition) is 13. The molecule has 0 aliphatic carbocycles. The predicted molar refractivity (Wildman–Crippen MR) is 117 cm³/mol. The first-order valence-corrected chi connectivity index (χ1v) is 10.9. The largest absolute Gasteiger partial charge is 0.502 e. The third-order valence-corrected chi connectivity index (χ3v) is 5.76. The summed E-state index contributed by atoms with van der Waals surface area (Å²) in [4.78, 5) is 0. The number of benzene rings is 1. The first-order valence-electron chi connectivity index (χ1n) is 10.9. The van der Waals surface area contributed by atoms with Gasteiger partial charge in [-0.05, 0) is 17.7 Å². The average molecular weight is 504 g/mol. The fourth-order valence-corrected chi connectivity index (χ4v) is 3.73. The van der Waals surface area contributed by atoms with E-state index >= 15 is 0 Å². The number of phenolic OH excluding ortho intramolecular Hbond substituents is 1. The van der Waals surface area contributed by atoms with E-state index in [-0.39, 0.29) is 30.5 Å². The second-order valence-electron chi connectivity index (χ2n) is 8.06. The highest BCUT2D eigenvalue weighted by atomic mass is 16.7. The van der Waals surface area contributed by atoms with Gasteiger partial charge in [-0.3, -0.25) is 0 Å². The zero-order valence-electron chi connectivity index (χ0n) is 19.2. The van der Waals surface area contributed by atoms with E-state index in [0.29, 0.717) is 5.56 Å². The lowest BCUT2D eigenvalue weighted by molar-refractivity contribution is -0.307. The number of ether oxygens (including phenoxy) is 6. The molecule has 0 unspecified atom stereocenters. The first kappa shape index (κ1) is 27.5. The Labute approximate surface area is 201 Å². The van der Waals surface area contributed by atoms with E-state index in [2.05, 4.69) is 0 Å². The number of phenols is 1. The number of aliphatic hydroxyl groups excluding tert-OH is 6. The van der Waals surface area contributed by atoms with E-state index < -0.39 is 61.9 Å². The van der Waals surface area contributed by atoms with Crippen molar-refractivity contribution in [2.24, 2.45) is 0 Å². The molecule has 0 saturated carbocycles. The Balaban J connectivity index is 1.57. The van der Waals surface area contributed by atoms with Gasteiger partial charge in [0.15, 0.2) is 24.1 Å². The standard InChI is InChI=1S/C22H32O13/c1-30-11-6-10(7-12(31-2)15(11)24)4-3-5-32-21-20(29)18(27)17(26)14(35-21)9-33-22-19(28)16(25)13(8-23)34-22/h3-4,6-7,13-14,16-29H,5,8-9H2,1-2H3/b4-3+/t13-,14-,16-,17-,18+,19-,20-,21-,22-/m1/s1. The van der Waals surface area contributed by atoms with Crippen molar-refractivity contribution in [3.05, 3.63) is 23.8 Å². The van der Waals surface area contributed by atoms with Crippen molar-refractivity contribution < 1.29 is 64.2 Å². The van der Waals surface area contributed by atoms with Gasteiger partial charge in [0.1, 0.15) is 42.7 Å². The molecule has 0 spiro atoms. The molecule has 1 aromatic carbocycles. The summed E-state index contributed by atoms with van der Waals surface area (Å²) in [6.07, 6.45) is -9.05. The molecule has 1 aromatic rings. The Kier molecular flexibility index (Phi) is 9.66. The molecular formula is C22H32O13. The smallest absolute Gasteiger partial charge is 0.200 e. The summed E-state index contributed by atoms with van der Waals surface area (Å²) in [7, 11) is 2.80. The van der Waals surface area contributed by atoms with E-state index in [9.17, 15) is 30.6 Å². The monoisotopic (exact) mass is 504 g/mol. The fraction of sp³-hybridized carbons (Fsp3) is 0.636. The highest BCUT2D eigenvalue weighted by Gasteiger charge is 2.47. The molecule has 2 fully saturated rings. The Morgan fingerprint density at radius 2 is 1.34 bits per heavy atom. The van der Waals surface area contributed by atoms with Gasteiger partial charge in [-0.1, -0.05) is 12.2 Å². The molecule has 35 heavy (non-hydrogen) atoms. The maximum absolute atomic E-state index is 10.2. The highest BCUT2D eigenvalue weighted by molar-refractivity contribution is 5.61. The molecule has 13 heteroatoms. The molecule has 2 aliphatic rings. The molecule has 0 amide bonds. The van der Waals surface area contributed by atoms with Crippen LogP contribution in [-0.2, 0) is 18.9 Å². The summed E-state index contributed by atoms with van der Waals surface area (Å²) in [5.41, 5.74) is 0.630. The maximum atomic E-state index is 10.2. The summed E-state index contributed by atoms with van der Waals surface area (Å²) in [5, 5.41) is 69.5. The number of aromatic hydroxyl groups is 1. The Morgan fingerprint density at radius 1 is 0.800 bits per heavy atom. The third kappa shape index (κ3) is 6.21. The number of methoxy groups -OCH3 is 2. The lowest BCUT2D eigenvalue weighted by Crippen LogP contribution is -2.59. The van der Waals surface area contributed by atoms with Gasteiger partial charge >= 0.3 is 0 Å². The highest BCUT2D eigenvalue weighted by Crippen LogP contribution is 2.37. The van der Waals surface area contributed by atoms with Crippen LogP contribution in [0, 0.1) is 0 Å². The number of aliphatic hydroxyl groups is 6. The predicted octanol–water partition coefficient (Wildman–Crippen LogP) is -2.30. The van der Waals surface area contributed by atoms with Crippen LogP contribution in [0.1, 0.15) is 5.56 Å². The summed E-state index contributed by atoms with van der Waals surface area (Å²) >= 11 is 0. The van der Waals surface area contributed by atoms with Gasteiger partial charge < -0.3 is 64.2 Å². The summed E-state index contributed by atoms with van der Waals surface area (Å²) in [6.45, 7) is -0.961. The average Bonchev–Trinajstić information content (AvgIpc) is 3.14. The van der Waals surface area contributed by atoms with Crippen LogP contribution in [0.2, 0.25) is 0 Å². The van der Waals surface area contributed by atoms with E-state index in [1.807, 2.05) is 0 Å². The molecule has 7 N–H and O–H groups in total. The normalized spacial score (nSPS) is 35.5. The Hall–Kier alpha value is -2.04. The second-order valence-corrected chi connectivity index (χ2v) is 8.06. The molecule has 0 aromatic heterocycles. The lowest BCUT2D eigenvalue weighted by Gasteiger charge is -2.40. The molecule has 2 aliphatic heterocycles. The van der Waals surface area contributed by atoms with E-state index in [0.717, 1.165) is 0 Å². The van der Waals surface area contributed by atoms with E-state index in [4.69, 9.17) is 33.5 Å².